The van der Waals surface area contributed by atoms with Gasteiger partial charge in [0, 0.05) is 25.1 Å². The van der Waals surface area contributed by atoms with E-state index >= 15 is 0 Å². The maximum absolute atomic E-state index is 4.21. The van der Waals surface area contributed by atoms with Crippen molar-refractivity contribution >= 4 is 0 Å². The second-order valence-electron chi connectivity index (χ2n) is 2.99. The van der Waals surface area contributed by atoms with E-state index in [1.807, 2.05) is 22.8 Å². The van der Waals surface area contributed by atoms with Crippen molar-refractivity contribution in [3.05, 3.63) is 55.7 Å². The van der Waals surface area contributed by atoms with Crippen LogP contribution in [0.4, 0.5) is 0 Å². The average Bonchev–Trinajstić information content (AvgIpc) is 2.52. The van der Waals surface area contributed by atoms with Crippen molar-refractivity contribution < 1.29 is 0 Å². The van der Waals surface area contributed by atoms with E-state index in [1.54, 1.807) is 0 Å². The van der Waals surface area contributed by atoms with Gasteiger partial charge < -0.3 is 4.57 Å². The number of hydrogen-bond acceptors (Lipinski definition) is 1. The number of nitrogens with zero attached hydrogens (tertiary/aromatic N) is 2. The summed E-state index contributed by atoms with van der Waals surface area (Å²) in [5.74, 6) is 0. The molecule has 2 nitrogen and oxygen atoms in total. The van der Waals surface area contributed by atoms with Crippen molar-refractivity contribution in [1.29, 1.82) is 0 Å². The molecule has 1 aromatic heterocycles. The lowest BCUT2D eigenvalue weighted by atomic mass is 10.2. The zero-order valence-corrected chi connectivity index (χ0v) is 8.37. The highest BCUT2D eigenvalue weighted by Crippen LogP contribution is 2.10. The third-order valence-electron chi connectivity index (χ3n) is 1.95. The van der Waals surface area contributed by atoms with Crippen LogP contribution < -0.4 is 0 Å². The Morgan fingerprint density at radius 1 is 1.14 bits per heavy atom. The van der Waals surface area contributed by atoms with Crippen LogP contribution in [-0.4, -0.2) is 9.55 Å². The van der Waals surface area contributed by atoms with Gasteiger partial charge in [0.15, 0.2) is 6.33 Å². The molecule has 1 rings (SSSR count). The van der Waals surface area contributed by atoms with Crippen LogP contribution in [0.2, 0.25) is 0 Å². The van der Waals surface area contributed by atoms with Crippen molar-refractivity contribution in [1.82, 2.24) is 9.55 Å². The van der Waals surface area contributed by atoms with Crippen LogP contribution in [0.15, 0.2) is 38.0 Å². The van der Waals surface area contributed by atoms with Gasteiger partial charge in [0.05, 0.1) is 5.69 Å². The summed E-state index contributed by atoms with van der Waals surface area (Å²) in [7, 11) is 0. The van der Waals surface area contributed by atoms with E-state index in [-0.39, 0.29) is 0 Å². The SMILES string of the molecule is C=CCc1n[c]n(CC=C)c1CC=C. The van der Waals surface area contributed by atoms with Crippen LogP contribution in [0, 0.1) is 6.33 Å². The van der Waals surface area contributed by atoms with Gasteiger partial charge in [-0.2, -0.15) is 0 Å². The van der Waals surface area contributed by atoms with E-state index in [0.717, 1.165) is 30.8 Å². The van der Waals surface area contributed by atoms with E-state index in [1.165, 1.54) is 0 Å². The fourth-order valence-electron chi connectivity index (χ4n) is 1.35. The Labute approximate surface area is 85.3 Å². The fraction of sp³-hybridized carbons (Fsp3) is 0.250. The summed E-state index contributed by atoms with van der Waals surface area (Å²) in [6.45, 7) is 11.9. The van der Waals surface area contributed by atoms with E-state index in [9.17, 15) is 0 Å². The predicted molar refractivity (Wildman–Crippen MR) is 59.1 cm³/mol. The number of hydrogen-bond donors (Lipinski definition) is 0. The summed E-state index contributed by atoms with van der Waals surface area (Å²) in [4.78, 5) is 4.21. The minimum atomic E-state index is 0.743. The highest BCUT2D eigenvalue weighted by Gasteiger charge is 2.07. The quantitative estimate of drug-likeness (QED) is 0.625. The maximum Gasteiger partial charge on any atom is 0.177 e. The van der Waals surface area contributed by atoms with E-state index in [4.69, 9.17) is 0 Å². The molecule has 2 heteroatoms. The molecule has 0 fully saturated rings. The third kappa shape index (κ3) is 2.22. The largest absolute Gasteiger partial charge is 0.321 e. The second kappa shape index (κ2) is 5.22. The smallest absolute Gasteiger partial charge is 0.177 e. The molecule has 1 heterocycles. The van der Waals surface area contributed by atoms with Crippen molar-refractivity contribution in [3.8, 4) is 0 Å². The summed E-state index contributed by atoms with van der Waals surface area (Å²) in [5.41, 5.74) is 2.18. The molecule has 0 N–H and O–H groups in total. The molecule has 0 aliphatic carbocycles. The number of imidazole rings is 1. The van der Waals surface area contributed by atoms with Gasteiger partial charge in [0.2, 0.25) is 0 Å². The first kappa shape index (κ1) is 10.5. The highest BCUT2D eigenvalue weighted by atomic mass is 15.0. The van der Waals surface area contributed by atoms with Gasteiger partial charge in [-0.3, -0.25) is 0 Å². The first-order valence-electron chi connectivity index (χ1n) is 4.62. The standard InChI is InChI=1S/C12H15N2/c1-4-7-11-12(8-5-2)14(9-6-3)10-13-11/h4-6H,1-3,7-9H2. The van der Waals surface area contributed by atoms with Crippen molar-refractivity contribution in [2.24, 2.45) is 0 Å². The number of rotatable bonds is 6. The molecule has 0 aliphatic heterocycles. The molecule has 0 unspecified atom stereocenters. The molecule has 0 aliphatic rings. The zero-order chi connectivity index (χ0) is 10.4. The van der Waals surface area contributed by atoms with Crippen LogP contribution in [0.3, 0.4) is 0 Å². The Balaban J connectivity index is 2.98. The molecule has 0 amide bonds. The van der Waals surface area contributed by atoms with Crippen LogP contribution >= 0.6 is 0 Å². The van der Waals surface area contributed by atoms with E-state index < -0.39 is 0 Å². The van der Waals surface area contributed by atoms with Gasteiger partial charge in [-0.15, -0.1) is 19.7 Å². The van der Waals surface area contributed by atoms with Gasteiger partial charge in [0.1, 0.15) is 0 Å². The van der Waals surface area contributed by atoms with Crippen LogP contribution in [0.5, 0.6) is 0 Å². The Kier molecular flexibility index (Phi) is 3.92. The molecule has 0 aromatic carbocycles. The monoisotopic (exact) mass is 187 g/mol. The third-order valence-corrected chi connectivity index (χ3v) is 1.95. The van der Waals surface area contributed by atoms with Crippen LogP contribution in [0.25, 0.3) is 0 Å². The summed E-state index contributed by atoms with van der Waals surface area (Å²) >= 11 is 0. The molecule has 14 heavy (non-hydrogen) atoms. The minimum Gasteiger partial charge on any atom is -0.321 e. The molecule has 0 atom stereocenters. The minimum absolute atomic E-state index is 0.743. The van der Waals surface area contributed by atoms with Gasteiger partial charge >= 0.3 is 0 Å². The van der Waals surface area contributed by atoms with Gasteiger partial charge in [-0.1, -0.05) is 18.2 Å². The molecule has 73 valence electrons. The van der Waals surface area contributed by atoms with Crippen molar-refractivity contribution in [2.75, 3.05) is 0 Å². The second-order valence-corrected chi connectivity index (χ2v) is 2.99. The van der Waals surface area contributed by atoms with Gasteiger partial charge in [-0.25, -0.2) is 4.98 Å². The molecular formula is C12H15N2. The Morgan fingerprint density at radius 2 is 1.86 bits per heavy atom. The lowest BCUT2D eigenvalue weighted by Crippen LogP contribution is -2.01. The topological polar surface area (TPSA) is 17.8 Å². The van der Waals surface area contributed by atoms with Crippen molar-refractivity contribution in [2.45, 2.75) is 19.4 Å². The highest BCUT2D eigenvalue weighted by molar-refractivity contribution is 5.18. The van der Waals surface area contributed by atoms with Crippen molar-refractivity contribution in [3.63, 3.8) is 0 Å². The molecular weight excluding hydrogens is 172 g/mol. The molecule has 0 saturated carbocycles. The fourth-order valence-corrected chi connectivity index (χ4v) is 1.35. The first-order chi connectivity index (χ1) is 6.83. The summed E-state index contributed by atoms with van der Waals surface area (Å²) in [5, 5.41) is 0. The molecule has 0 spiro atoms. The summed E-state index contributed by atoms with van der Waals surface area (Å²) in [6, 6.07) is 0. The Hall–Kier alpha value is -1.57. The first-order valence-corrected chi connectivity index (χ1v) is 4.62. The van der Waals surface area contributed by atoms with Gasteiger partial charge in [-0.05, 0) is 0 Å². The average molecular weight is 187 g/mol. The zero-order valence-electron chi connectivity index (χ0n) is 8.37. The van der Waals surface area contributed by atoms with Crippen LogP contribution in [-0.2, 0) is 19.4 Å². The molecule has 0 bridgehead atoms. The van der Waals surface area contributed by atoms with E-state index in [2.05, 4.69) is 31.0 Å². The van der Waals surface area contributed by atoms with Gasteiger partial charge in [0.25, 0.3) is 0 Å². The lowest BCUT2D eigenvalue weighted by Gasteiger charge is -2.03. The van der Waals surface area contributed by atoms with E-state index in [0.29, 0.717) is 0 Å². The molecule has 0 saturated heterocycles. The summed E-state index contributed by atoms with van der Waals surface area (Å²) < 4.78 is 1.97. The summed E-state index contributed by atoms with van der Waals surface area (Å²) in [6.07, 6.45) is 10.1. The Bertz CT molecular complexity index is 307. The number of aromatic nitrogens is 2. The normalized spacial score (nSPS) is 9.71. The lowest BCUT2D eigenvalue weighted by molar-refractivity contribution is 0.767. The predicted octanol–water partition coefficient (Wildman–Crippen LogP) is 2.33. The maximum atomic E-state index is 4.21. The van der Waals surface area contributed by atoms with Crippen LogP contribution in [0.1, 0.15) is 11.4 Å². The number of allylic oxidation sites excluding steroid dienone is 3. The Morgan fingerprint density at radius 3 is 2.43 bits per heavy atom. The molecule has 1 aromatic rings. The molecule has 1 radical (unpaired) electrons.